The molecule has 0 saturated heterocycles. The van der Waals surface area contributed by atoms with Gasteiger partial charge in [-0.05, 0) is 5.56 Å². The van der Waals surface area contributed by atoms with Crippen LogP contribution in [-0.4, -0.2) is 78.1 Å². The van der Waals surface area contributed by atoms with Gasteiger partial charge in [0.15, 0.2) is 0 Å². The summed E-state index contributed by atoms with van der Waals surface area (Å²) < 4.78 is 0. The fourth-order valence-electron chi connectivity index (χ4n) is 2.28. The van der Waals surface area contributed by atoms with Gasteiger partial charge >= 0.3 is 5.97 Å². The number of amides is 4. The van der Waals surface area contributed by atoms with Gasteiger partial charge in [0.1, 0.15) is 12.1 Å². The Morgan fingerprint density at radius 2 is 1.43 bits per heavy atom. The van der Waals surface area contributed by atoms with Gasteiger partial charge in [-0.2, -0.15) is 0 Å². The maximum absolute atomic E-state index is 12.0. The van der Waals surface area contributed by atoms with E-state index in [0.29, 0.717) is 5.56 Å². The van der Waals surface area contributed by atoms with Gasteiger partial charge in [-0.1, -0.05) is 30.3 Å². The minimum absolute atomic E-state index is 0.0553. The molecule has 0 heterocycles. The molecule has 30 heavy (non-hydrogen) atoms. The summed E-state index contributed by atoms with van der Waals surface area (Å²) in [6.45, 7) is -2.07. The molecule has 0 aliphatic carbocycles. The Labute approximate surface area is 172 Å². The van der Waals surface area contributed by atoms with Crippen molar-refractivity contribution in [1.29, 1.82) is 0 Å². The summed E-state index contributed by atoms with van der Waals surface area (Å²) in [5, 5.41) is 27.4. The van der Waals surface area contributed by atoms with Crippen molar-refractivity contribution in [3.63, 3.8) is 0 Å². The largest absolute Gasteiger partial charge is 0.480 e. The molecule has 0 aliphatic rings. The fourth-order valence-corrected chi connectivity index (χ4v) is 2.28. The topological polar surface area (TPSA) is 200 Å². The van der Waals surface area contributed by atoms with Crippen molar-refractivity contribution in [2.24, 2.45) is 5.73 Å². The van der Waals surface area contributed by atoms with Crippen molar-refractivity contribution in [2.75, 3.05) is 26.2 Å². The van der Waals surface area contributed by atoms with E-state index in [9.17, 15) is 34.2 Å². The number of aliphatic hydroxyl groups excluding tert-OH is 1. The van der Waals surface area contributed by atoms with Crippen LogP contribution < -0.4 is 27.0 Å². The second-order valence-electron chi connectivity index (χ2n) is 6.15. The summed E-state index contributed by atoms with van der Waals surface area (Å²) in [5.74, 6) is -4.18. The molecule has 2 atom stereocenters. The SMILES string of the molecule is NCC(=O)NCC(=O)N[C@@H](CO)C(=O)NCC(=O)N[C@@H](Cc1ccccc1)C(=O)O. The minimum atomic E-state index is -1.36. The normalized spacial score (nSPS) is 12.2. The molecule has 0 fully saturated rings. The molecule has 164 valence electrons. The van der Waals surface area contributed by atoms with E-state index in [0.717, 1.165) is 0 Å². The number of hydrogen-bond acceptors (Lipinski definition) is 7. The van der Waals surface area contributed by atoms with Crippen LogP contribution in [0.2, 0.25) is 0 Å². The highest BCUT2D eigenvalue weighted by Gasteiger charge is 2.23. The van der Waals surface area contributed by atoms with Gasteiger partial charge in [-0.15, -0.1) is 0 Å². The van der Waals surface area contributed by atoms with Crippen molar-refractivity contribution in [3.8, 4) is 0 Å². The van der Waals surface area contributed by atoms with Crippen LogP contribution in [0.4, 0.5) is 0 Å². The number of carbonyl (C=O) groups is 5. The first-order valence-corrected chi connectivity index (χ1v) is 8.97. The van der Waals surface area contributed by atoms with E-state index in [4.69, 9.17) is 5.73 Å². The van der Waals surface area contributed by atoms with E-state index >= 15 is 0 Å². The van der Waals surface area contributed by atoms with E-state index < -0.39 is 61.4 Å². The monoisotopic (exact) mass is 423 g/mol. The molecule has 0 aromatic heterocycles. The molecular weight excluding hydrogens is 398 g/mol. The fraction of sp³-hybridized carbons (Fsp3) is 0.389. The van der Waals surface area contributed by atoms with Crippen LogP contribution in [0.15, 0.2) is 30.3 Å². The summed E-state index contributed by atoms with van der Waals surface area (Å²) in [6.07, 6.45) is 0.0553. The third-order valence-corrected chi connectivity index (χ3v) is 3.80. The maximum Gasteiger partial charge on any atom is 0.326 e. The molecule has 1 aromatic carbocycles. The highest BCUT2D eigenvalue weighted by molar-refractivity contribution is 5.92. The second-order valence-corrected chi connectivity index (χ2v) is 6.15. The van der Waals surface area contributed by atoms with E-state index in [1.165, 1.54) is 0 Å². The number of carbonyl (C=O) groups excluding carboxylic acids is 4. The highest BCUT2D eigenvalue weighted by Crippen LogP contribution is 2.03. The molecule has 8 N–H and O–H groups in total. The molecule has 0 aliphatic heterocycles. The van der Waals surface area contributed by atoms with Gasteiger partial charge in [-0.25, -0.2) is 4.79 Å². The van der Waals surface area contributed by atoms with Crippen LogP contribution >= 0.6 is 0 Å². The van der Waals surface area contributed by atoms with E-state index in [2.05, 4.69) is 21.3 Å². The smallest absolute Gasteiger partial charge is 0.326 e. The zero-order valence-corrected chi connectivity index (χ0v) is 16.1. The molecule has 0 radical (unpaired) electrons. The van der Waals surface area contributed by atoms with Crippen LogP contribution in [-0.2, 0) is 30.4 Å². The zero-order chi connectivity index (χ0) is 22.5. The molecule has 1 aromatic rings. The Morgan fingerprint density at radius 1 is 0.867 bits per heavy atom. The van der Waals surface area contributed by atoms with Crippen molar-refractivity contribution < 1.29 is 34.2 Å². The molecule has 1 rings (SSSR count). The standard InChI is InChI=1S/C18H25N5O7/c19-7-14(25)20-8-15(26)23-13(10-24)17(28)21-9-16(27)22-12(18(29)30)6-11-4-2-1-3-5-11/h1-5,12-13,24H,6-10,19H2,(H,20,25)(H,21,28)(H,22,27)(H,23,26)(H,29,30)/t12-,13-/m0/s1. The number of carboxylic acids is 1. The van der Waals surface area contributed by atoms with Crippen LogP contribution in [0.5, 0.6) is 0 Å². The van der Waals surface area contributed by atoms with Crippen LogP contribution in [0, 0.1) is 0 Å². The summed E-state index contributed by atoms with van der Waals surface area (Å²) in [5.41, 5.74) is 5.78. The molecule has 0 spiro atoms. The number of aliphatic carboxylic acids is 1. The Morgan fingerprint density at radius 3 is 1.97 bits per heavy atom. The number of nitrogens with two attached hydrogens (primary N) is 1. The quantitative estimate of drug-likeness (QED) is 0.179. The highest BCUT2D eigenvalue weighted by atomic mass is 16.4. The van der Waals surface area contributed by atoms with Gasteiger partial charge < -0.3 is 37.2 Å². The molecule has 12 nitrogen and oxygen atoms in total. The first kappa shape index (κ1) is 24.5. The number of nitrogens with one attached hydrogen (secondary N) is 4. The van der Waals surface area contributed by atoms with Gasteiger partial charge in [0.25, 0.3) is 0 Å². The Kier molecular flexibility index (Phi) is 10.5. The first-order valence-electron chi connectivity index (χ1n) is 8.97. The summed E-state index contributed by atoms with van der Waals surface area (Å²) in [7, 11) is 0. The number of rotatable bonds is 12. The molecule has 4 amide bonds. The van der Waals surface area contributed by atoms with Crippen molar-refractivity contribution in [3.05, 3.63) is 35.9 Å². The molecule has 12 heteroatoms. The van der Waals surface area contributed by atoms with Gasteiger partial charge in [0.05, 0.1) is 26.2 Å². The summed E-state index contributed by atoms with van der Waals surface area (Å²) in [4.78, 5) is 58.1. The van der Waals surface area contributed by atoms with E-state index in [1.807, 2.05) is 0 Å². The number of hydrogen-bond donors (Lipinski definition) is 7. The third kappa shape index (κ3) is 9.12. The number of carboxylic acid groups (broad SMARTS) is 1. The average Bonchev–Trinajstić information content (AvgIpc) is 2.74. The van der Waals surface area contributed by atoms with Crippen molar-refractivity contribution >= 4 is 29.6 Å². The number of benzene rings is 1. The predicted molar refractivity (Wildman–Crippen MR) is 104 cm³/mol. The summed E-state index contributed by atoms with van der Waals surface area (Å²) >= 11 is 0. The Balaban J connectivity index is 2.50. The van der Waals surface area contributed by atoms with Crippen molar-refractivity contribution in [2.45, 2.75) is 18.5 Å². The zero-order valence-electron chi connectivity index (χ0n) is 16.1. The van der Waals surface area contributed by atoms with Crippen molar-refractivity contribution in [1.82, 2.24) is 21.3 Å². The lowest BCUT2D eigenvalue weighted by Gasteiger charge is -2.18. The van der Waals surface area contributed by atoms with Gasteiger partial charge in [0.2, 0.25) is 23.6 Å². The molecule has 0 bridgehead atoms. The maximum atomic E-state index is 12.0. The Bertz CT molecular complexity index is 757. The summed E-state index contributed by atoms with van der Waals surface area (Å²) in [6, 6.07) is 6.12. The number of aliphatic hydroxyl groups is 1. The van der Waals surface area contributed by atoms with Crippen LogP contribution in [0.25, 0.3) is 0 Å². The lowest BCUT2D eigenvalue weighted by molar-refractivity contribution is -0.141. The van der Waals surface area contributed by atoms with Gasteiger partial charge in [0, 0.05) is 6.42 Å². The van der Waals surface area contributed by atoms with Crippen LogP contribution in [0.3, 0.4) is 0 Å². The second kappa shape index (κ2) is 12.9. The van der Waals surface area contributed by atoms with Crippen LogP contribution in [0.1, 0.15) is 5.56 Å². The van der Waals surface area contributed by atoms with E-state index in [1.54, 1.807) is 30.3 Å². The van der Waals surface area contributed by atoms with Gasteiger partial charge in [-0.3, -0.25) is 19.2 Å². The Hall–Kier alpha value is -3.51. The molecular formula is C18H25N5O7. The average molecular weight is 423 g/mol. The van der Waals surface area contributed by atoms with E-state index in [-0.39, 0.29) is 13.0 Å². The predicted octanol–water partition coefficient (Wildman–Crippen LogP) is -3.53. The lowest BCUT2D eigenvalue weighted by Crippen LogP contribution is -2.53. The molecule has 0 unspecified atom stereocenters. The minimum Gasteiger partial charge on any atom is -0.480 e. The first-order chi connectivity index (χ1) is 14.3. The third-order valence-electron chi connectivity index (χ3n) is 3.80. The lowest BCUT2D eigenvalue weighted by atomic mass is 10.1. The molecule has 0 saturated carbocycles.